The number of hydrogen-bond donors (Lipinski definition) is 1. The zero-order valence-corrected chi connectivity index (χ0v) is 10.5. The lowest BCUT2D eigenvalue weighted by Gasteiger charge is -2.11. The van der Waals surface area contributed by atoms with E-state index < -0.39 is 0 Å². The highest BCUT2D eigenvalue weighted by Gasteiger charge is 2.10. The average Bonchev–Trinajstić information content (AvgIpc) is 2.33. The highest BCUT2D eigenvalue weighted by atomic mass is 32.2. The molecule has 1 aliphatic rings. The van der Waals surface area contributed by atoms with E-state index >= 15 is 0 Å². The largest absolute Gasteiger partial charge is 0.305 e. The van der Waals surface area contributed by atoms with Crippen LogP contribution in [0.15, 0.2) is 35.3 Å². The summed E-state index contributed by atoms with van der Waals surface area (Å²) in [7, 11) is 0. The molecule has 90 valence electrons. The van der Waals surface area contributed by atoms with E-state index in [1.165, 1.54) is 0 Å². The molecule has 0 spiro atoms. The van der Waals surface area contributed by atoms with E-state index in [2.05, 4.69) is 10.3 Å². The van der Waals surface area contributed by atoms with Gasteiger partial charge in [-0.05, 0) is 18.4 Å². The third-order valence-electron chi connectivity index (χ3n) is 2.53. The summed E-state index contributed by atoms with van der Waals surface area (Å²) in [5.74, 6) is 1.12. The van der Waals surface area contributed by atoms with Crippen LogP contribution in [-0.4, -0.2) is 16.8 Å². The molecular formula is C13H16N2OS. The van der Waals surface area contributed by atoms with Crippen LogP contribution in [0.5, 0.6) is 0 Å². The molecule has 4 heteroatoms. The standard InChI is InChI=1S/C13H16N2OS/c16-12-8-4-5-9-17-13(15-12)14-10-11-6-2-1-3-7-11/h1-3,6-7H,4-5,8-10H2,(H,14,15,16). The van der Waals surface area contributed by atoms with Gasteiger partial charge >= 0.3 is 0 Å². The first-order chi connectivity index (χ1) is 8.34. The van der Waals surface area contributed by atoms with Crippen LogP contribution in [0.2, 0.25) is 0 Å². The number of carbonyl (C=O) groups excluding carboxylic acids is 1. The summed E-state index contributed by atoms with van der Waals surface area (Å²) < 4.78 is 0. The second-order valence-electron chi connectivity index (χ2n) is 3.96. The zero-order valence-electron chi connectivity index (χ0n) is 9.69. The molecule has 0 saturated carbocycles. The van der Waals surface area contributed by atoms with Crippen LogP contribution in [0.25, 0.3) is 0 Å². The van der Waals surface area contributed by atoms with Gasteiger partial charge < -0.3 is 5.32 Å². The number of amides is 1. The van der Waals surface area contributed by atoms with E-state index in [-0.39, 0.29) is 5.91 Å². The van der Waals surface area contributed by atoms with Gasteiger partial charge in [-0.25, -0.2) is 0 Å². The number of nitrogens with one attached hydrogen (secondary N) is 1. The molecule has 1 saturated heterocycles. The van der Waals surface area contributed by atoms with Crippen molar-refractivity contribution in [3.63, 3.8) is 0 Å². The van der Waals surface area contributed by atoms with Gasteiger partial charge in [0, 0.05) is 12.2 Å². The normalized spacial score (nSPS) is 19.5. The number of aliphatic imine (C=N–C) groups is 1. The van der Waals surface area contributed by atoms with Crippen LogP contribution in [-0.2, 0) is 11.3 Å². The lowest BCUT2D eigenvalue weighted by molar-refractivity contribution is -0.119. The Morgan fingerprint density at radius 2 is 2.06 bits per heavy atom. The predicted octanol–water partition coefficient (Wildman–Crippen LogP) is 2.58. The summed E-state index contributed by atoms with van der Waals surface area (Å²) in [5, 5.41) is 3.63. The van der Waals surface area contributed by atoms with Crippen LogP contribution in [0.1, 0.15) is 24.8 Å². The highest BCUT2D eigenvalue weighted by Crippen LogP contribution is 2.12. The SMILES string of the molecule is O=C1CCCCSC(=NCc2ccccc2)N1. The van der Waals surface area contributed by atoms with Crippen LogP contribution in [0.3, 0.4) is 0 Å². The zero-order chi connectivity index (χ0) is 11.9. The minimum absolute atomic E-state index is 0.0870. The van der Waals surface area contributed by atoms with Crippen molar-refractivity contribution in [3.05, 3.63) is 35.9 Å². The Bertz CT molecular complexity index is 403. The first-order valence-electron chi connectivity index (χ1n) is 5.85. The number of benzene rings is 1. The molecule has 1 aliphatic heterocycles. The molecule has 0 aliphatic carbocycles. The van der Waals surface area contributed by atoms with E-state index in [0.29, 0.717) is 13.0 Å². The van der Waals surface area contributed by atoms with Crippen LogP contribution < -0.4 is 5.32 Å². The second kappa shape index (κ2) is 6.45. The molecule has 2 rings (SSSR count). The van der Waals surface area contributed by atoms with E-state index in [9.17, 15) is 4.79 Å². The number of thioether (sulfide) groups is 1. The minimum atomic E-state index is 0.0870. The Hall–Kier alpha value is -1.29. The smallest absolute Gasteiger partial charge is 0.225 e. The molecule has 1 fully saturated rings. The quantitative estimate of drug-likeness (QED) is 0.874. The van der Waals surface area contributed by atoms with Gasteiger partial charge in [0.1, 0.15) is 0 Å². The van der Waals surface area contributed by atoms with Gasteiger partial charge in [0.25, 0.3) is 0 Å². The van der Waals surface area contributed by atoms with Crippen molar-refractivity contribution >= 4 is 22.8 Å². The molecule has 1 heterocycles. The van der Waals surface area contributed by atoms with Gasteiger partial charge in [-0.1, -0.05) is 42.1 Å². The summed E-state index contributed by atoms with van der Waals surface area (Å²) >= 11 is 1.64. The monoisotopic (exact) mass is 248 g/mol. The Balaban J connectivity index is 1.97. The average molecular weight is 248 g/mol. The summed E-state index contributed by atoms with van der Waals surface area (Å²) in [6.45, 7) is 0.628. The van der Waals surface area contributed by atoms with Crippen molar-refractivity contribution in [3.8, 4) is 0 Å². The maximum atomic E-state index is 11.5. The fourth-order valence-electron chi connectivity index (χ4n) is 1.61. The van der Waals surface area contributed by atoms with Crippen molar-refractivity contribution < 1.29 is 4.79 Å². The number of amidine groups is 1. The maximum Gasteiger partial charge on any atom is 0.225 e. The number of carbonyl (C=O) groups is 1. The van der Waals surface area contributed by atoms with Crippen LogP contribution >= 0.6 is 11.8 Å². The fraction of sp³-hybridized carbons (Fsp3) is 0.385. The number of rotatable bonds is 2. The first-order valence-corrected chi connectivity index (χ1v) is 6.84. The van der Waals surface area contributed by atoms with Crippen LogP contribution in [0, 0.1) is 0 Å². The number of hydrogen-bond acceptors (Lipinski definition) is 3. The van der Waals surface area contributed by atoms with E-state index in [4.69, 9.17) is 0 Å². The summed E-state index contributed by atoms with van der Waals surface area (Å²) in [6.07, 6.45) is 2.68. The van der Waals surface area contributed by atoms with E-state index in [0.717, 1.165) is 29.3 Å². The first kappa shape index (κ1) is 12.2. The Morgan fingerprint density at radius 1 is 1.24 bits per heavy atom. The van der Waals surface area contributed by atoms with Gasteiger partial charge in [-0.3, -0.25) is 9.79 Å². The molecule has 0 unspecified atom stereocenters. The Morgan fingerprint density at radius 3 is 2.88 bits per heavy atom. The summed E-state index contributed by atoms with van der Waals surface area (Å²) in [4.78, 5) is 15.9. The predicted molar refractivity (Wildman–Crippen MR) is 72.0 cm³/mol. The van der Waals surface area contributed by atoms with Gasteiger partial charge in [-0.15, -0.1) is 0 Å². The van der Waals surface area contributed by atoms with Gasteiger partial charge in [0.15, 0.2) is 5.17 Å². The number of nitrogens with zero attached hydrogens (tertiary/aromatic N) is 1. The minimum Gasteiger partial charge on any atom is -0.305 e. The van der Waals surface area contributed by atoms with Crippen molar-refractivity contribution in [2.75, 3.05) is 5.75 Å². The second-order valence-corrected chi connectivity index (χ2v) is 5.04. The molecule has 3 nitrogen and oxygen atoms in total. The van der Waals surface area contributed by atoms with Gasteiger partial charge in [0.05, 0.1) is 6.54 Å². The van der Waals surface area contributed by atoms with Gasteiger partial charge in [-0.2, -0.15) is 0 Å². The highest BCUT2D eigenvalue weighted by molar-refractivity contribution is 8.13. The molecule has 1 aromatic carbocycles. The maximum absolute atomic E-state index is 11.5. The Labute approximate surface area is 106 Å². The topological polar surface area (TPSA) is 41.5 Å². The molecule has 0 bridgehead atoms. The fourth-order valence-corrected chi connectivity index (χ4v) is 2.49. The molecule has 0 aromatic heterocycles. The molecule has 1 aromatic rings. The van der Waals surface area contributed by atoms with Crippen molar-refractivity contribution in [2.45, 2.75) is 25.8 Å². The summed E-state index contributed by atoms with van der Waals surface area (Å²) in [6, 6.07) is 10.1. The molecular weight excluding hydrogens is 232 g/mol. The Kier molecular flexibility index (Phi) is 4.62. The third kappa shape index (κ3) is 4.23. The van der Waals surface area contributed by atoms with Crippen molar-refractivity contribution in [2.24, 2.45) is 4.99 Å². The molecule has 17 heavy (non-hydrogen) atoms. The third-order valence-corrected chi connectivity index (χ3v) is 3.53. The van der Waals surface area contributed by atoms with E-state index in [1.807, 2.05) is 30.3 Å². The van der Waals surface area contributed by atoms with Crippen LogP contribution in [0.4, 0.5) is 0 Å². The van der Waals surface area contributed by atoms with Crippen molar-refractivity contribution in [1.82, 2.24) is 5.32 Å². The van der Waals surface area contributed by atoms with Crippen molar-refractivity contribution in [1.29, 1.82) is 0 Å². The van der Waals surface area contributed by atoms with Gasteiger partial charge in [0.2, 0.25) is 5.91 Å². The molecule has 0 radical (unpaired) electrons. The molecule has 0 atom stereocenters. The summed E-state index contributed by atoms with van der Waals surface area (Å²) in [5.41, 5.74) is 1.16. The van der Waals surface area contributed by atoms with E-state index in [1.54, 1.807) is 11.8 Å². The molecule has 1 amide bonds. The lowest BCUT2D eigenvalue weighted by Crippen LogP contribution is -2.29. The molecule has 1 N–H and O–H groups in total. The lowest BCUT2D eigenvalue weighted by atomic mass is 10.2.